The Balaban J connectivity index is 1.94. The molecule has 0 aliphatic carbocycles. The Morgan fingerprint density at radius 1 is 0.808 bits per heavy atom. The summed E-state index contributed by atoms with van der Waals surface area (Å²) in [6.45, 7) is 0. The van der Waals surface area contributed by atoms with E-state index in [9.17, 15) is 13.2 Å². The molecule has 0 fully saturated rings. The first-order chi connectivity index (χ1) is 12.4. The predicted octanol–water partition coefficient (Wildman–Crippen LogP) is 3.76. The van der Waals surface area contributed by atoms with Crippen LogP contribution in [0.5, 0.6) is 0 Å². The largest absolute Gasteiger partial charge is 0.291 e. The maximum absolute atomic E-state index is 13.0. The lowest BCUT2D eigenvalue weighted by Gasteiger charge is -2.24. The van der Waals surface area contributed by atoms with Gasteiger partial charge in [-0.3, -0.25) is 10.2 Å². The lowest BCUT2D eigenvalue weighted by atomic mass is 10.2. The van der Waals surface area contributed by atoms with Crippen LogP contribution < -0.4 is 10.4 Å². The summed E-state index contributed by atoms with van der Waals surface area (Å²) < 4.78 is 23.2. The first kappa shape index (κ1) is 17.7. The van der Waals surface area contributed by atoms with Gasteiger partial charge in [0.25, 0.3) is 5.91 Å². The van der Waals surface area contributed by atoms with E-state index in [-0.39, 0.29) is 10.8 Å². The minimum atomic E-state index is -3.31. The minimum Gasteiger partial charge on any atom is -0.291 e. The lowest BCUT2D eigenvalue weighted by molar-refractivity contribution is 0.0992. The van der Waals surface area contributed by atoms with E-state index in [0.717, 1.165) is 11.9 Å². The van der Waals surface area contributed by atoms with Gasteiger partial charge in [0, 0.05) is 11.8 Å². The molecule has 0 aromatic heterocycles. The third-order valence-electron chi connectivity index (χ3n) is 3.76. The van der Waals surface area contributed by atoms with Crippen molar-refractivity contribution in [3.8, 4) is 0 Å². The molecule has 0 saturated carbocycles. The van der Waals surface area contributed by atoms with Gasteiger partial charge in [0.1, 0.15) is 0 Å². The van der Waals surface area contributed by atoms with E-state index in [2.05, 4.69) is 5.43 Å². The topological polar surface area (TPSA) is 66.5 Å². The molecule has 26 heavy (non-hydrogen) atoms. The lowest BCUT2D eigenvalue weighted by Crippen LogP contribution is -2.36. The molecule has 5 nitrogen and oxygen atoms in total. The highest BCUT2D eigenvalue weighted by molar-refractivity contribution is 7.90. The number of rotatable bonds is 5. The van der Waals surface area contributed by atoms with Gasteiger partial charge in [-0.25, -0.2) is 13.4 Å². The summed E-state index contributed by atoms with van der Waals surface area (Å²) in [5.41, 5.74) is 4.92. The molecule has 3 rings (SSSR count). The molecule has 0 radical (unpaired) electrons. The molecule has 0 unspecified atom stereocenters. The van der Waals surface area contributed by atoms with Gasteiger partial charge >= 0.3 is 0 Å². The van der Waals surface area contributed by atoms with E-state index >= 15 is 0 Å². The molecule has 1 N–H and O–H groups in total. The average Bonchev–Trinajstić information content (AvgIpc) is 2.66. The Kier molecular flexibility index (Phi) is 5.04. The molecule has 1 amide bonds. The van der Waals surface area contributed by atoms with Crippen LogP contribution in [0.3, 0.4) is 0 Å². The van der Waals surface area contributed by atoms with Crippen LogP contribution in [0.4, 0.5) is 11.4 Å². The molecule has 0 saturated heterocycles. The van der Waals surface area contributed by atoms with Gasteiger partial charge in [-0.15, -0.1) is 0 Å². The molecule has 132 valence electrons. The second kappa shape index (κ2) is 7.41. The Bertz CT molecular complexity index is 986. The molecular formula is C20H18N2O3S. The number of benzene rings is 3. The highest BCUT2D eigenvalue weighted by atomic mass is 32.2. The number of nitrogens with zero attached hydrogens (tertiary/aromatic N) is 1. The molecular weight excluding hydrogens is 348 g/mol. The quantitative estimate of drug-likeness (QED) is 0.698. The van der Waals surface area contributed by atoms with Crippen molar-refractivity contribution in [1.82, 2.24) is 0 Å². The van der Waals surface area contributed by atoms with Crippen molar-refractivity contribution < 1.29 is 13.2 Å². The average molecular weight is 366 g/mol. The van der Waals surface area contributed by atoms with Crippen molar-refractivity contribution in [1.29, 1.82) is 0 Å². The number of hydrazine groups is 1. The van der Waals surface area contributed by atoms with E-state index in [4.69, 9.17) is 0 Å². The fourth-order valence-electron chi connectivity index (χ4n) is 2.43. The smallest absolute Gasteiger partial charge is 0.276 e. The first-order valence-electron chi connectivity index (χ1n) is 7.96. The normalized spacial score (nSPS) is 11.0. The summed E-state index contributed by atoms with van der Waals surface area (Å²) in [6, 6.07) is 24.5. The van der Waals surface area contributed by atoms with Gasteiger partial charge in [0.2, 0.25) is 0 Å². The molecule has 6 heteroatoms. The fourth-order valence-corrected chi connectivity index (χ4v) is 3.06. The third kappa shape index (κ3) is 4.10. The van der Waals surface area contributed by atoms with Crippen LogP contribution in [-0.4, -0.2) is 20.6 Å². The van der Waals surface area contributed by atoms with Crippen LogP contribution in [0.1, 0.15) is 10.4 Å². The molecule has 0 bridgehead atoms. The van der Waals surface area contributed by atoms with Crippen LogP contribution >= 0.6 is 0 Å². The number of hydrogen-bond acceptors (Lipinski definition) is 4. The Labute approximate surface area is 152 Å². The van der Waals surface area contributed by atoms with Crippen molar-refractivity contribution in [3.05, 3.63) is 90.5 Å². The monoisotopic (exact) mass is 366 g/mol. The van der Waals surface area contributed by atoms with Crippen LogP contribution in [0.2, 0.25) is 0 Å². The molecule has 3 aromatic rings. The number of nitrogens with one attached hydrogen (secondary N) is 1. The zero-order valence-electron chi connectivity index (χ0n) is 14.2. The molecule has 0 heterocycles. The van der Waals surface area contributed by atoms with Gasteiger partial charge in [-0.2, -0.15) is 0 Å². The van der Waals surface area contributed by atoms with Crippen molar-refractivity contribution in [3.63, 3.8) is 0 Å². The van der Waals surface area contributed by atoms with Gasteiger partial charge in [-0.05, 0) is 48.5 Å². The first-order valence-corrected chi connectivity index (χ1v) is 9.85. The zero-order valence-corrected chi connectivity index (χ0v) is 15.0. The standard InChI is InChI=1S/C20H18N2O3S/c1-26(24,25)19-14-12-16(13-15-19)20(23)22(18-10-6-3-7-11-18)21-17-8-4-2-5-9-17/h2-15,21H,1H3. The van der Waals surface area contributed by atoms with Crippen molar-refractivity contribution in [2.45, 2.75) is 4.90 Å². The minimum absolute atomic E-state index is 0.177. The highest BCUT2D eigenvalue weighted by Gasteiger charge is 2.19. The number of carbonyl (C=O) groups is 1. The zero-order chi connectivity index (χ0) is 18.6. The van der Waals surface area contributed by atoms with Crippen molar-refractivity contribution in [2.75, 3.05) is 16.7 Å². The molecule has 3 aromatic carbocycles. The highest BCUT2D eigenvalue weighted by Crippen LogP contribution is 2.20. The van der Waals surface area contributed by atoms with Gasteiger partial charge in [-0.1, -0.05) is 36.4 Å². The number of sulfone groups is 1. The maximum atomic E-state index is 13.0. The number of anilines is 2. The van der Waals surface area contributed by atoms with Crippen LogP contribution in [0, 0.1) is 0 Å². The van der Waals surface area contributed by atoms with Crippen LogP contribution in [0.25, 0.3) is 0 Å². The Hall–Kier alpha value is -3.12. The predicted molar refractivity (Wildman–Crippen MR) is 103 cm³/mol. The summed E-state index contributed by atoms with van der Waals surface area (Å²) in [5.74, 6) is -0.292. The second-order valence-corrected chi connectivity index (χ2v) is 7.77. The Morgan fingerprint density at radius 2 is 1.35 bits per heavy atom. The van der Waals surface area contributed by atoms with E-state index in [1.54, 1.807) is 0 Å². The van der Waals surface area contributed by atoms with E-state index < -0.39 is 9.84 Å². The number of para-hydroxylation sites is 2. The summed E-state index contributed by atoms with van der Waals surface area (Å²) >= 11 is 0. The number of carbonyl (C=O) groups excluding carboxylic acids is 1. The van der Waals surface area contributed by atoms with Gasteiger partial charge in [0.15, 0.2) is 9.84 Å². The fraction of sp³-hybridized carbons (Fsp3) is 0.0500. The van der Waals surface area contributed by atoms with E-state index in [0.29, 0.717) is 11.3 Å². The maximum Gasteiger partial charge on any atom is 0.276 e. The summed E-state index contributed by atoms with van der Waals surface area (Å²) in [7, 11) is -3.31. The Morgan fingerprint density at radius 3 is 1.88 bits per heavy atom. The van der Waals surface area contributed by atoms with Gasteiger partial charge < -0.3 is 0 Å². The second-order valence-electron chi connectivity index (χ2n) is 5.75. The van der Waals surface area contributed by atoms with Crippen molar-refractivity contribution >= 4 is 27.1 Å². The summed E-state index contributed by atoms with van der Waals surface area (Å²) in [4.78, 5) is 13.2. The molecule has 0 aliphatic rings. The summed E-state index contributed by atoms with van der Waals surface area (Å²) in [6.07, 6.45) is 1.14. The SMILES string of the molecule is CS(=O)(=O)c1ccc(C(=O)N(Nc2ccccc2)c2ccccc2)cc1. The summed E-state index contributed by atoms with van der Waals surface area (Å²) in [5, 5.41) is 1.44. The number of amides is 1. The molecule has 0 aliphatic heterocycles. The van der Waals surface area contributed by atoms with E-state index in [1.165, 1.54) is 29.3 Å². The van der Waals surface area contributed by atoms with E-state index in [1.807, 2.05) is 60.7 Å². The number of hydrogen-bond donors (Lipinski definition) is 1. The van der Waals surface area contributed by atoms with Crippen molar-refractivity contribution in [2.24, 2.45) is 0 Å². The third-order valence-corrected chi connectivity index (χ3v) is 4.89. The van der Waals surface area contributed by atoms with Gasteiger partial charge in [0.05, 0.1) is 16.3 Å². The molecule has 0 spiro atoms. The van der Waals surface area contributed by atoms with Crippen LogP contribution in [0.15, 0.2) is 89.8 Å². The van der Waals surface area contributed by atoms with Crippen LogP contribution in [-0.2, 0) is 9.84 Å². The molecule has 0 atom stereocenters.